The largest absolute Gasteiger partial charge is 0.369 e. The van der Waals surface area contributed by atoms with Crippen LogP contribution in [0.2, 0.25) is 0 Å². The Morgan fingerprint density at radius 2 is 0.932 bits per heavy atom. The first-order chi connectivity index (χ1) is 20.3. The summed E-state index contributed by atoms with van der Waals surface area (Å²) in [6.45, 7) is 13.8. The average Bonchev–Trinajstić information content (AvgIpc) is 3.34. The third-order valence-corrected chi connectivity index (χ3v) is 6.91. The van der Waals surface area contributed by atoms with Crippen molar-refractivity contribution in [3.8, 4) is 0 Å². The van der Waals surface area contributed by atoms with Crippen LogP contribution in [0.4, 0.5) is 0 Å². The van der Waals surface area contributed by atoms with Gasteiger partial charge in [-0.15, -0.1) is 11.0 Å². The molecule has 12 nitrogen and oxygen atoms in total. The number of hydrazone groups is 2. The van der Waals surface area contributed by atoms with Crippen LogP contribution in [0.1, 0.15) is 66.5 Å². The van der Waals surface area contributed by atoms with Crippen LogP contribution < -0.4 is 11.0 Å². The van der Waals surface area contributed by atoms with Gasteiger partial charge in [0.2, 0.25) is 0 Å². The van der Waals surface area contributed by atoms with Crippen LogP contribution in [0.15, 0.2) is 70.9 Å². The second-order valence-electron chi connectivity index (χ2n) is 13.0. The fourth-order valence-electron chi connectivity index (χ4n) is 4.11. The predicted octanol–water partition coefficient (Wildman–Crippen LogP) is 3.43. The van der Waals surface area contributed by atoms with Crippen molar-refractivity contribution in [1.29, 1.82) is 0 Å². The summed E-state index contributed by atoms with van der Waals surface area (Å²) in [5.41, 5.74) is 4.11. The van der Waals surface area contributed by atoms with Gasteiger partial charge in [0.15, 0.2) is 11.1 Å². The van der Waals surface area contributed by atoms with Gasteiger partial charge in [0, 0.05) is 25.2 Å². The summed E-state index contributed by atoms with van der Waals surface area (Å²) in [6.07, 6.45) is 0. The lowest BCUT2D eigenvalue weighted by molar-refractivity contribution is -0.166. The number of nitrogens with one attached hydrogen (secondary N) is 2. The lowest BCUT2D eigenvalue weighted by Gasteiger charge is -2.26. The molecule has 2 heterocycles. The third kappa shape index (κ3) is 7.20. The van der Waals surface area contributed by atoms with Crippen LogP contribution >= 0.6 is 0 Å². The minimum atomic E-state index is -1.21. The van der Waals surface area contributed by atoms with Crippen molar-refractivity contribution in [2.24, 2.45) is 21.0 Å². The highest BCUT2D eigenvalue weighted by atomic mass is 16.7. The van der Waals surface area contributed by atoms with Crippen LogP contribution in [0, 0.1) is 10.8 Å². The quantitative estimate of drug-likeness (QED) is 0.477. The van der Waals surface area contributed by atoms with Crippen molar-refractivity contribution < 1.29 is 28.9 Å². The van der Waals surface area contributed by atoms with Crippen LogP contribution in [0.25, 0.3) is 0 Å². The summed E-state index contributed by atoms with van der Waals surface area (Å²) in [4.78, 5) is 59.0. The molecule has 2 aliphatic rings. The summed E-state index contributed by atoms with van der Waals surface area (Å²) in [5.74, 6) is -1.45. The second-order valence-corrected chi connectivity index (χ2v) is 13.0. The van der Waals surface area contributed by atoms with E-state index in [1.54, 1.807) is 69.5 Å². The van der Waals surface area contributed by atoms with Crippen LogP contribution in [0.3, 0.4) is 0 Å². The highest BCUT2D eigenvalue weighted by Gasteiger charge is 2.49. The summed E-state index contributed by atoms with van der Waals surface area (Å²) in [7, 11) is 3.15. The fraction of sp³-hybridized carbons (Fsp3) is 0.438. The highest BCUT2D eigenvalue weighted by molar-refractivity contribution is 6.23. The molecule has 0 saturated heterocycles. The van der Waals surface area contributed by atoms with E-state index >= 15 is 0 Å². The van der Waals surface area contributed by atoms with Crippen LogP contribution in [0.5, 0.6) is 0 Å². The van der Waals surface area contributed by atoms with Crippen molar-refractivity contribution in [1.82, 2.24) is 21.0 Å². The van der Waals surface area contributed by atoms with E-state index in [0.717, 1.165) is 11.1 Å². The van der Waals surface area contributed by atoms with E-state index in [0.29, 0.717) is 11.4 Å². The minimum Gasteiger partial charge on any atom is -0.369 e. The van der Waals surface area contributed by atoms with Gasteiger partial charge in [0.05, 0.1) is 10.8 Å². The Kier molecular flexibility index (Phi) is 9.81. The SMILES string of the molecule is CN1N=C(c2ccccc2)C(C)(NOC(=O)C(C)(C)C)C1=O.CN1N=C(c2ccccc2)C(C)(NOC(=O)C(C)(C)C)C1=O. The van der Waals surface area contributed by atoms with Gasteiger partial charge in [0.25, 0.3) is 11.8 Å². The normalized spacial score (nSPS) is 21.8. The van der Waals surface area contributed by atoms with Gasteiger partial charge in [-0.3, -0.25) is 9.59 Å². The standard InChI is InChI=1S/2C16H21N3O3/c2*1-15(2,3)14(21)22-18-16(4)12(17-19(5)13(16)20)11-9-7-6-8-10-11/h2*6-10,18H,1-5H3. The molecule has 0 aliphatic carbocycles. The van der Waals surface area contributed by atoms with Crippen molar-refractivity contribution in [2.75, 3.05) is 14.1 Å². The molecule has 2 atom stereocenters. The van der Waals surface area contributed by atoms with Gasteiger partial charge >= 0.3 is 11.9 Å². The molecular weight excluding hydrogens is 564 g/mol. The first-order valence-corrected chi connectivity index (χ1v) is 14.1. The summed E-state index contributed by atoms with van der Waals surface area (Å²) >= 11 is 0. The number of carbonyl (C=O) groups excluding carboxylic acids is 4. The molecule has 0 radical (unpaired) electrons. The van der Waals surface area contributed by atoms with Gasteiger partial charge < -0.3 is 9.68 Å². The molecule has 0 spiro atoms. The van der Waals surface area contributed by atoms with Gasteiger partial charge in [-0.25, -0.2) is 19.6 Å². The van der Waals surface area contributed by atoms with E-state index < -0.39 is 33.8 Å². The lowest BCUT2D eigenvalue weighted by atomic mass is 9.91. The molecule has 2 aliphatic heterocycles. The lowest BCUT2D eigenvalue weighted by Crippen LogP contribution is -2.56. The molecule has 2 unspecified atom stereocenters. The number of hydrogen-bond acceptors (Lipinski definition) is 10. The molecule has 0 aromatic heterocycles. The maximum absolute atomic E-state index is 12.4. The zero-order valence-electron chi connectivity index (χ0n) is 27.0. The first kappa shape index (κ1) is 34.1. The molecule has 2 amide bonds. The van der Waals surface area contributed by atoms with Crippen molar-refractivity contribution in [3.05, 3.63) is 71.8 Å². The minimum absolute atomic E-state index is 0.284. The molecule has 236 valence electrons. The van der Waals surface area contributed by atoms with E-state index in [1.165, 1.54) is 10.0 Å². The molecule has 2 aromatic rings. The molecule has 0 fully saturated rings. The van der Waals surface area contributed by atoms with Gasteiger partial charge in [-0.05, 0) is 55.4 Å². The van der Waals surface area contributed by atoms with Crippen LogP contribution in [-0.4, -0.2) is 70.4 Å². The van der Waals surface area contributed by atoms with Gasteiger partial charge in [0.1, 0.15) is 11.4 Å². The van der Waals surface area contributed by atoms with Crippen LogP contribution in [-0.2, 0) is 28.9 Å². The van der Waals surface area contributed by atoms with E-state index in [-0.39, 0.29) is 11.8 Å². The van der Waals surface area contributed by atoms with Crippen molar-refractivity contribution >= 4 is 35.2 Å². The first-order valence-electron chi connectivity index (χ1n) is 14.1. The number of hydroxylamine groups is 2. The summed E-state index contributed by atoms with van der Waals surface area (Å²) < 4.78 is 0. The van der Waals surface area contributed by atoms with Crippen molar-refractivity contribution in [3.63, 3.8) is 0 Å². The highest BCUT2D eigenvalue weighted by Crippen LogP contribution is 2.26. The number of benzene rings is 2. The monoisotopic (exact) mass is 606 g/mol. The predicted molar refractivity (Wildman–Crippen MR) is 166 cm³/mol. The Bertz CT molecular complexity index is 1350. The molecule has 44 heavy (non-hydrogen) atoms. The summed E-state index contributed by atoms with van der Waals surface area (Å²) in [6, 6.07) is 18.7. The maximum atomic E-state index is 12.4. The smallest absolute Gasteiger partial charge is 0.330 e. The Morgan fingerprint density at radius 1 is 0.636 bits per heavy atom. The molecule has 2 aromatic carbocycles. The fourth-order valence-corrected chi connectivity index (χ4v) is 4.11. The van der Waals surface area contributed by atoms with E-state index in [9.17, 15) is 19.2 Å². The van der Waals surface area contributed by atoms with Gasteiger partial charge in [-0.2, -0.15) is 10.2 Å². The Labute approximate surface area is 258 Å². The number of rotatable bonds is 6. The van der Waals surface area contributed by atoms with Gasteiger partial charge in [-0.1, -0.05) is 60.7 Å². The average molecular weight is 607 g/mol. The van der Waals surface area contributed by atoms with Crippen molar-refractivity contribution in [2.45, 2.75) is 66.5 Å². The number of nitrogens with zero attached hydrogens (tertiary/aromatic N) is 4. The topological polar surface area (TPSA) is 142 Å². The number of carbonyl (C=O) groups is 4. The number of hydrogen-bond donors (Lipinski definition) is 2. The zero-order valence-corrected chi connectivity index (χ0v) is 27.0. The molecule has 12 heteroatoms. The molecule has 2 N–H and O–H groups in total. The Balaban J connectivity index is 0.000000240. The van der Waals surface area contributed by atoms with E-state index in [4.69, 9.17) is 9.68 Å². The van der Waals surface area contributed by atoms with E-state index in [1.807, 2.05) is 60.7 Å². The number of amides is 2. The Hall–Kier alpha value is -4.42. The third-order valence-electron chi connectivity index (χ3n) is 6.91. The maximum Gasteiger partial charge on any atom is 0.330 e. The second kappa shape index (κ2) is 12.7. The number of likely N-dealkylation sites (N-methyl/N-ethyl adjacent to an activating group) is 2. The zero-order chi connectivity index (χ0) is 33.1. The molecular formula is C32H42N6O6. The Morgan fingerprint density at radius 3 is 1.20 bits per heavy atom. The molecule has 0 bridgehead atoms. The van der Waals surface area contributed by atoms with E-state index in [2.05, 4.69) is 21.2 Å². The molecule has 0 saturated carbocycles. The molecule has 4 rings (SSSR count). The summed E-state index contributed by atoms with van der Waals surface area (Å²) in [5, 5.41) is 11.1.